The lowest BCUT2D eigenvalue weighted by Crippen LogP contribution is -2.23. The molecule has 0 spiro atoms. The molecule has 0 amide bonds. The van der Waals surface area contributed by atoms with Gasteiger partial charge in [0.2, 0.25) is 0 Å². The third-order valence-corrected chi connectivity index (χ3v) is 5.30. The number of hydrogen-bond acceptors (Lipinski definition) is 4. The molecule has 1 aliphatic rings. The molecule has 0 aliphatic carbocycles. The van der Waals surface area contributed by atoms with Gasteiger partial charge in [0, 0.05) is 37.1 Å². The number of aromatic nitrogens is 1. The molecule has 1 aliphatic heterocycles. The van der Waals surface area contributed by atoms with Gasteiger partial charge in [-0.15, -0.1) is 35.3 Å². The van der Waals surface area contributed by atoms with E-state index in [1.54, 1.807) is 11.3 Å². The molecule has 1 aromatic heterocycles. The minimum Gasteiger partial charge on any atom is -0.370 e. The predicted molar refractivity (Wildman–Crippen MR) is 119 cm³/mol. The molecule has 2 aromatic rings. The zero-order valence-electron chi connectivity index (χ0n) is 14.8. The van der Waals surface area contributed by atoms with Gasteiger partial charge in [0.05, 0.1) is 5.69 Å². The summed E-state index contributed by atoms with van der Waals surface area (Å²) in [4.78, 5) is 11.5. The number of nitrogens with zero attached hydrogens (tertiary/aromatic N) is 3. The van der Waals surface area contributed by atoms with Crippen LogP contribution in [0, 0.1) is 13.8 Å². The molecular weight excluding hydrogens is 445 g/mol. The zero-order valence-corrected chi connectivity index (χ0v) is 17.9. The van der Waals surface area contributed by atoms with Crippen molar-refractivity contribution >= 4 is 52.1 Å². The van der Waals surface area contributed by atoms with Crippen molar-refractivity contribution in [1.82, 2.24) is 4.98 Å². The van der Waals surface area contributed by atoms with Gasteiger partial charge in [0.25, 0.3) is 0 Å². The van der Waals surface area contributed by atoms with Crippen LogP contribution in [0.5, 0.6) is 0 Å². The van der Waals surface area contributed by atoms with Crippen LogP contribution in [0.2, 0.25) is 0 Å². The molecule has 0 atom stereocenters. The Balaban J connectivity index is 0.00000225. The monoisotopic (exact) mass is 471 g/mol. The Bertz CT molecular complexity index is 722. The molecule has 0 unspecified atom stereocenters. The van der Waals surface area contributed by atoms with Gasteiger partial charge in [0.1, 0.15) is 0 Å². The number of anilines is 2. The zero-order chi connectivity index (χ0) is 16.9. The molecule has 1 fully saturated rings. The van der Waals surface area contributed by atoms with E-state index in [9.17, 15) is 0 Å². The topological polar surface area (TPSA) is 66.5 Å². The number of benzene rings is 1. The van der Waals surface area contributed by atoms with Gasteiger partial charge in [-0.1, -0.05) is 6.07 Å². The minimum absolute atomic E-state index is 0. The summed E-state index contributed by atoms with van der Waals surface area (Å²) in [6, 6.07) is 6.19. The van der Waals surface area contributed by atoms with E-state index in [1.165, 1.54) is 24.0 Å². The van der Waals surface area contributed by atoms with E-state index in [0.29, 0.717) is 12.5 Å². The minimum atomic E-state index is 0. The fourth-order valence-corrected chi connectivity index (χ4v) is 3.68. The fraction of sp³-hybridized carbons (Fsp3) is 0.444. The van der Waals surface area contributed by atoms with E-state index in [-0.39, 0.29) is 24.0 Å². The Hall–Kier alpha value is -1.35. The first-order valence-electron chi connectivity index (χ1n) is 8.45. The largest absolute Gasteiger partial charge is 0.370 e. The molecule has 25 heavy (non-hydrogen) atoms. The van der Waals surface area contributed by atoms with Gasteiger partial charge >= 0.3 is 0 Å². The molecule has 3 N–H and O–H groups in total. The lowest BCUT2D eigenvalue weighted by molar-refractivity contribution is 0.907. The lowest BCUT2D eigenvalue weighted by atomic mass is 10.1. The second kappa shape index (κ2) is 9.38. The van der Waals surface area contributed by atoms with Crippen molar-refractivity contribution in [3.05, 3.63) is 40.4 Å². The number of guanidine groups is 1. The van der Waals surface area contributed by atoms with Crippen molar-refractivity contribution in [1.29, 1.82) is 0 Å². The van der Waals surface area contributed by atoms with E-state index in [2.05, 4.69) is 46.6 Å². The van der Waals surface area contributed by atoms with Gasteiger partial charge in [-0.2, -0.15) is 0 Å². The van der Waals surface area contributed by atoms with E-state index in [1.807, 2.05) is 6.07 Å². The fourth-order valence-electron chi connectivity index (χ4n) is 2.76. The maximum absolute atomic E-state index is 5.98. The van der Waals surface area contributed by atoms with Crippen molar-refractivity contribution in [2.24, 2.45) is 10.7 Å². The standard InChI is InChI=1S/C18H25N5S.HI/c1-13-5-6-15(11-14(13)2)21-17(19)20-8-7-16-12-24-18(22-16)23-9-3-4-10-23;/h5-6,11-12H,3-4,7-10H2,1-2H3,(H3,19,20,21);1H. The molecule has 7 heteroatoms. The molecule has 0 saturated carbocycles. The van der Waals surface area contributed by atoms with Crippen molar-refractivity contribution in [2.75, 3.05) is 29.9 Å². The molecule has 136 valence electrons. The van der Waals surface area contributed by atoms with Gasteiger partial charge in [-0.05, 0) is 49.9 Å². The lowest BCUT2D eigenvalue weighted by Gasteiger charge is -2.12. The van der Waals surface area contributed by atoms with E-state index in [4.69, 9.17) is 10.7 Å². The average molecular weight is 471 g/mol. The maximum atomic E-state index is 5.98. The highest BCUT2D eigenvalue weighted by atomic mass is 127. The Morgan fingerprint density at radius 1 is 1.28 bits per heavy atom. The van der Waals surface area contributed by atoms with Crippen molar-refractivity contribution in [3.8, 4) is 0 Å². The van der Waals surface area contributed by atoms with Crippen LogP contribution in [0.25, 0.3) is 0 Å². The Morgan fingerprint density at radius 3 is 2.76 bits per heavy atom. The highest BCUT2D eigenvalue weighted by Crippen LogP contribution is 2.24. The average Bonchev–Trinajstić information content (AvgIpc) is 3.22. The molecule has 1 saturated heterocycles. The smallest absolute Gasteiger partial charge is 0.193 e. The normalized spacial score (nSPS) is 14.5. The van der Waals surface area contributed by atoms with Crippen LogP contribution in [-0.2, 0) is 6.42 Å². The van der Waals surface area contributed by atoms with Gasteiger partial charge in [0.15, 0.2) is 11.1 Å². The summed E-state index contributed by atoms with van der Waals surface area (Å²) in [5, 5.41) is 6.43. The molecular formula is C18H26IN5S. The SMILES string of the molecule is Cc1ccc(NC(N)=NCCc2csc(N3CCCC3)n2)cc1C.I. The summed E-state index contributed by atoms with van der Waals surface area (Å²) in [6.07, 6.45) is 3.37. The number of aryl methyl sites for hydroxylation is 2. The second-order valence-corrected chi connectivity index (χ2v) is 7.09. The number of halogens is 1. The van der Waals surface area contributed by atoms with Crippen molar-refractivity contribution < 1.29 is 0 Å². The Labute approximate surface area is 170 Å². The Morgan fingerprint density at radius 2 is 2.04 bits per heavy atom. The van der Waals surface area contributed by atoms with Crippen molar-refractivity contribution in [2.45, 2.75) is 33.1 Å². The summed E-state index contributed by atoms with van der Waals surface area (Å²) in [5.74, 6) is 0.452. The number of nitrogens with two attached hydrogens (primary N) is 1. The maximum Gasteiger partial charge on any atom is 0.193 e. The number of aliphatic imine (C=N–C) groups is 1. The third kappa shape index (κ3) is 5.57. The van der Waals surface area contributed by atoms with Crippen molar-refractivity contribution in [3.63, 3.8) is 0 Å². The highest BCUT2D eigenvalue weighted by Gasteiger charge is 2.15. The first-order valence-corrected chi connectivity index (χ1v) is 9.33. The van der Waals surface area contributed by atoms with Gasteiger partial charge < -0.3 is 16.0 Å². The van der Waals surface area contributed by atoms with Crippen LogP contribution in [0.4, 0.5) is 10.8 Å². The van der Waals surface area contributed by atoms with E-state index >= 15 is 0 Å². The van der Waals surface area contributed by atoms with Crippen LogP contribution in [0.3, 0.4) is 0 Å². The summed E-state index contributed by atoms with van der Waals surface area (Å²) >= 11 is 1.73. The summed E-state index contributed by atoms with van der Waals surface area (Å²) in [5.41, 5.74) is 10.6. The molecule has 3 rings (SSSR count). The van der Waals surface area contributed by atoms with Crippen LogP contribution in [0.15, 0.2) is 28.6 Å². The number of rotatable bonds is 5. The highest BCUT2D eigenvalue weighted by molar-refractivity contribution is 14.0. The number of hydrogen-bond donors (Lipinski definition) is 2. The number of thiazole rings is 1. The molecule has 2 heterocycles. The number of nitrogens with one attached hydrogen (secondary N) is 1. The predicted octanol–water partition coefficient (Wildman–Crippen LogP) is 3.95. The van der Waals surface area contributed by atoms with E-state index in [0.717, 1.165) is 36.0 Å². The van der Waals surface area contributed by atoms with Gasteiger partial charge in [-0.25, -0.2) is 4.98 Å². The van der Waals surface area contributed by atoms with Crippen LogP contribution in [-0.4, -0.2) is 30.6 Å². The first kappa shape index (κ1) is 20.0. The Kier molecular flexibility index (Phi) is 7.49. The van der Waals surface area contributed by atoms with E-state index < -0.39 is 0 Å². The molecule has 1 aromatic carbocycles. The van der Waals surface area contributed by atoms with Crippen LogP contribution < -0.4 is 16.0 Å². The first-order chi connectivity index (χ1) is 11.6. The quantitative estimate of drug-likeness (QED) is 0.394. The summed E-state index contributed by atoms with van der Waals surface area (Å²) in [7, 11) is 0. The van der Waals surface area contributed by atoms with Crippen LogP contribution >= 0.6 is 35.3 Å². The molecule has 5 nitrogen and oxygen atoms in total. The van der Waals surface area contributed by atoms with Gasteiger partial charge in [-0.3, -0.25) is 4.99 Å². The van der Waals surface area contributed by atoms with Crippen LogP contribution in [0.1, 0.15) is 29.7 Å². The summed E-state index contributed by atoms with van der Waals surface area (Å²) in [6.45, 7) is 7.11. The third-order valence-electron chi connectivity index (χ3n) is 4.35. The molecule has 0 bridgehead atoms. The summed E-state index contributed by atoms with van der Waals surface area (Å²) < 4.78 is 0. The second-order valence-electron chi connectivity index (χ2n) is 6.26. The molecule has 0 radical (unpaired) electrons.